The molecule has 4 amide bonds. The predicted molar refractivity (Wildman–Crippen MR) is 116 cm³/mol. The van der Waals surface area contributed by atoms with E-state index in [1.165, 1.54) is 0 Å². The molecule has 0 atom stereocenters. The van der Waals surface area contributed by atoms with Gasteiger partial charge in [0.2, 0.25) is 29.7 Å². The smallest absolute Gasteiger partial charge is 0.328 e. The highest BCUT2D eigenvalue weighted by molar-refractivity contribution is 6.19. The summed E-state index contributed by atoms with van der Waals surface area (Å²) in [6, 6.07) is -0.729. The van der Waals surface area contributed by atoms with Crippen LogP contribution < -0.4 is 27.0 Å². The molecule has 0 unspecified atom stereocenters. The zero-order chi connectivity index (χ0) is 23.3. The van der Waals surface area contributed by atoms with Gasteiger partial charge in [-0.15, -0.1) is 0 Å². The maximum absolute atomic E-state index is 11.4. The van der Waals surface area contributed by atoms with E-state index < -0.39 is 23.3 Å². The highest BCUT2D eigenvalue weighted by Crippen LogP contribution is 2.28. The molecule has 11 nitrogen and oxygen atoms in total. The lowest BCUT2D eigenvalue weighted by Gasteiger charge is -2.31. The van der Waals surface area contributed by atoms with Crippen LogP contribution in [0.1, 0.15) is 68.2 Å². The Bertz CT molecular complexity index is 736. The Morgan fingerprint density at radius 1 is 0.800 bits per heavy atom. The van der Waals surface area contributed by atoms with Crippen molar-refractivity contribution in [3.63, 3.8) is 0 Å². The van der Waals surface area contributed by atoms with E-state index in [-0.39, 0.29) is 17.0 Å². The second-order valence-corrected chi connectivity index (χ2v) is 9.12. The van der Waals surface area contributed by atoms with Crippen molar-refractivity contribution in [1.82, 2.24) is 25.6 Å². The molecule has 1 fully saturated rings. The van der Waals surface area contributed by atoms with Gasteiger partial charge < -0.3 is 16.4 Å². The third-order valence-electron chi connectivity index (χ3n) is 4.16. The van der Waals surface area contributed by atoms with Gasteiger partial charge in [-0.3, -0.25) is 20.2 Å². The molecule has 2 rings (SSSR count). The topological polar surface area (TPSA) is 164 Å². The Hall–Kier alpha value is -2.98. The third-order valence-corrected chi connectivity index (χ3v) is 4.16. The SMILES string of the molecule is CC(C)(C)Nc1nc(N)nc(NC(C)(C)C)n1.CCC1(CC)C(=O)NC(=O)NC1=O. The van der Waals surface area contributed by atoms with E-state index in [1.807, 2.05) is 41.5 Å². The van der Waals surface area contributed by atoms with Gasteiger partial charge in [0, 0.05) is 11.1 Å². The Kier molecular flexibility index (Phi) is 7.71. The molecule has 1 aromatic heterocycles. The average Bonchev–Trinajstić information content (AvgIpc) is 2.52. The Balaban J connectivity index is 0.000000311. The summed E-state index contributed by atoms with van der Waals surface area (Å²) in [5, 5.41) is 10.5. The third kappa shape index (κ3) is 7.12. The van der Waals surface area contributed by atoms with E-state index in [9.17, 15) is 14.4 Å². The minimum absolute atomic E-state index is 0.118. The van der Waals surface area contributed by atoms with Crippen LogP contribution in [0.15, 0.2) is 0 Å². The number of nitrogens with one attached hydrogen (secondary N) is 4. The summed E-state index contributed by atoms with van der Waals surface area (Å²) in [5.41, 5.74) is 4.36. The maximum Gasteiger partial charge on any atom is 0.328 e. The zero-order valence-corrected chi connectivity index (χ0v) is 19.1. The number of nitrogens with zero attached hydrogens (tertiary/aromatic N) is 3. The van der Waals surface area contributed by atoms with Crippen molar-refractivity contribution < 1.29 is 14.4 Å². The van der Waals surface area contributed by atoms with Gasteiger partial charge in [0.05, 0.1) is 0 Å². The van der Waals surface area contributed by atoms with Crippen molar-refractivity contribution >= 4 is 35.7 Å². The number of nitrogen functional groups attached to an aromatic ring is 1. The molecule has 2 heterocycles. The molecule has 168 valence electrons. The first kappa shape index (κ1) is 25.1. The number of hydrogen-bond acceptors (Lipinski definition) is 9. The molecule has 0 aliphatic carbocycles. The minimum atomic E-state index is -1.06. The second-order valence-electron chi connectivity index (χ2n) is 9.12. The molecular weight excluding hydrogens is 388 g/mol. The van der Waals surface area contributed by atoms with Gasteiger partial charge in [-0.2, -0.15) is 15.0 Å². The summed E-state index contributed by atoms with van der Waals surface area (Å²) in [4.78, 5) is 45.9. The van der Waals surface area contributed by atoms with E-state index in [4.69, 9.17) is 5.73 Å². The Morgan fingerprint density at radius 2 is 1.17 bits per heavy atom. The van der Waals surface area contributed by atoms with Crippen LogP contribution in [-0.4, -0.2) is 43.9 Å². The first-order valence-electron chi connectivity index (χ1n) is 9.86. The zero-order valence-electron chi connectivity index (χ0n) is 19.1. The molecule has 1 aromatic rings. The fourth-order valence-electron chi connectivity index (χ4n) is 2.65. The number of carbonyl (C=O) groups is 3. The number of rotatable bonds is 4. The van der Waals surface area contributed by atoms with Gasteiger partial charge >= 0.3 is 6.03 Å². The number of hydrogen-bond donors (Lipinski definition) is 5. The Morgan fingerprint density at radius 3 is 1.47 bits per heavy atom. The van der Waals surface area contributed by atoms with Crippen LogP contribution in [-0.2, 0) is 9.59 Å². The largest absolute Gasteiger partial charge is 0.368 e. The van der Waals surface area contributed by atoms with Gasteiger partial charge in [0.1, 0.15) is 5.41 Å². The van der Waals surface area contributed by atoms with Crippen LogP contribution in [0.3, 0.4) is 0 Å². The number of amides is 4. The molecule has 0 radical (unpaired) electrons. The molecule has 0 saturated carbocycles. The molecule has 0 bridgehead atoms. The number of imide groups is 2. The van der Waals surface area contributed by atoms with E-state index in [2.05, 4.69) is 36.2 Å². The van der Waals surface area contributed by atoms with Crippen LogP contribution in [0, 0.1) is 5.41 Å². The summed E-state index contributed by atoms with van der Waals surface area (Å²) >= 11 is 0. The lowest BCUT2D eigenvalue weighted by molar-refractivity contribution is -0.144. The van der Waals surface area contributed by atoms with Crippen LogP contribution in [0.2, 0.25) is 0 Å². The maximum atomic E-state index is 11.4. The summed E-state index contributed by atoms with van der Waals surface area (Å²) in [6.07, 6.45) is 0.795. The normalized spacial score (nSPS) is 16.1. The molecule has 1 aliphatic heterocycles. The van der Waals surface area contributed by atoms with E-state index in [0.717, 1.165) is 0 Å². The van der Waals surface area contributed by atoms with Crippen LogP contribution in [0.5, 0.6) is 0 Å². The molecule has 1 saturated heterocycles. The molecule has 1 aliphatic rings. The van der Waals surface area contributed by atoms with Gasteiger partial charge in [-0.1, -0.05) is 13.8 Å². The summed E-state index contributed by atoms with van der Waals surface area (Å²) in [7, 11) is 0. The van der Waals surface area contributed by atoms with Gasteiger partial charge in [0.15, 0.2) is 0 Å². The second kappa shape index (κ2) is 9.23. The van der Waals surface area contributed by atoms with Crippen LogP contribution >= 0.6 is 0 Å². The van der Waals surface area contributed by atoms with E-state index in [0.29, 0.717) is 24.7 Å². The number of barbiturate groups is 1. The highest BCUT2D eigenvalue weighted by Gasteiger charge is 2.47. The summed E-state index contributed by atoms with van der Waals surface area (Å²) in [6.45, 7) is 15.7. The number of carbonyl (C=O) groups excluding carboxylic acids is 3. The fraction of sp³-hybridized carbons (Fsp3) is 0.684. The van der Waals surface area contributed by atoms with Gasteiger partial charge in [-0.25, -0.2) is 4.79 Å². The minimum Gasteiger partial charge on any atom is -0.368 e. The van der Waals surface area contributed by atoms with E-state index in [1.54, 1.807) is 13.8 Å². The quantitative estimate of drug-likeness (QED) is 0.457. The van der Waals surface area contributed by atoms with Crippen molar-refractivity contribution in [2.75, 3.05) is 16.4 Å². The molecule has 11 heteroatoms. The number of urea groups is 1. The van der Waals surface area contributed by atoms with Crippen molar-refractivity contribution in [2.45, 2.75) is 79.3 Å². The van der Waals surface area contributed by atoms with Crippen molar-refractivity contribution in [3.05, 3.63) is 0 Å². The first-order chi connectivity index (χ1) is 13.6. The van der Waals surface area contributed by atoms with E-state index >= 15 is 0 Å². The molecule has 0 spiro atoms. The monoisotopic (exact) mass is 422 g/mol. The molecule has 30 heavy (non-hydrogen) atoms. The van der Waals surface area contributed by atoms with Crippen molar-refractivity contribution in [2.24, 2.45) is 5.41 Å². The van der Waals surface area contributed by atoms with Crippen LogP contribution in [0.25, 0.3) is 0 Å². The average molecular weight is 423 g/mol. The van der Waals surface area contributed by atoms with Gasteiger partial charge in [-0.05, 0) is 54.4 Å². The first-order valence-corrected chi connectivity index (χ1v) is 9.86. The number of aromatic nitrogens is 3. The number of anilines is 3. The fourth-order valence-corrected chi connectivity index (χ4v) is 2.65. The summed E-state index contributed by atoms with van der Waals surface area (Å²) in [5.74, 6) is 0.185. The molecule has 0 aromatic carbocycles. The van der Waals surface area contributed by atoms with Crippen molar-refractivity contribution in [3.8, 4) is 0 Å². The lowest BCUT2D eigenvalue weighted by atomic mass is 9.79. The standard InChI is InChI=1S/C11H22N6.C8H12N2O3/c1-10(2,3)16-8-13-7(12)14-9(15-8)17-11(4,5)6;1-3-8(4-2)5(11)9-7(13)10-6(8)12/h1-6H3,(H4,12,13,14,15,16,17);3-4H2,1-2H3,(H2,9,10,11,12,13). The molecule has 6 N–H and O–H groups in total. The molecular formula is C19H34N8O3. The predicted octanol–water partition coefficient (Wildman–Crippen LogP) is 2.03. The van der Waals surface area contributed by atoms with Crippen LogP contribution in [0.4, 0.5) is 22.6 Å². The Labute approximate surface area is 177 Å². The highest BCUT2D eigenvalue weighted by atomic mass is 16.2. The summed E-state index contributed by atoms with van der Waals surface area (Å²) < 4.78 is 0. The number of nitrogens with two attached hydrogens (primary N) is 1. The lowest BCUT2D eigenvalue weighted by Crippen LogP contribution is -2.61. The van der Waals surface area contributed by atoms with Crippen molar-refractivity contribution in [1.29, 1.82) is 0 Å². The van der Waals surface area contributed by atoms with Gasteiger partial charge in [0.25, 0.3) is 0 Å².